The number of pyridine rings is 1. The molecular formula is C20H25N3O4S. The number of nitrogens with zero attached hydrogens (tertiary/aromatic N) is 3. The van der Waals surface area contributed by atoms with E-state index >= 15 is 0 Å². The summed E-state index contributed by atoms with van der Waals surface area (Å²) in [5.41, 5.74) is 2.26. The van der Waals surface area contributed by atoms with Crippen LogP contribution in [0.3, 0.4) is 0 Å². The second-order valence-corrected chi connectivity index (χ2v) is 9.08. The number of amides is 1. The Balaban J connectivity index is 1.55. The topological polar surface area (TPSA) is 79.8 Å². The molecule has 1 saturated heterocycles. The molecule has 0 radical (unpaired) electrons. The van der Waals surface area contributed by atoms with E-state index in [1.165, 1.54) is 17.5 Å². The first-order valence-electron chi connectivity index (χ1n) is 9.16. The van der Waals surface area contributed by atoms with Crippen LogP contribution in [0.15, 0.2) is 42.6 Å². The summed E-state index contributed by atoms with van der Waals surface area (Å²) >= 11 is 0. The minimum Gasteiger partial charge on any atom is -0.474 e. The van der Waals surface area contributed by atoms with Gasteiger partial charge in [0.05, 0.1) is 18.1 Å². The van der Waals surface area contributed by atoms with Crippen molar-refractivity contribution in [3.63, 3.8) is 0 Å². The number of piperidine rings is 1. The molecule has 0 aliphatic carbocycles. The lowest BCUT2D eigenvalue weighted by molar-refractivity contribution is 0.0588. The van der Waals surface area contributed by atoms with Crippen molar-refractivity contribution in [2.75, 3.05) is 30.7 Å². The molecule has 28 heavy (non-hydrogen) atoms. The Morgan fingerprint density at radius 3 is 2.50 bits per heavy atom. The van der Waals surface area contributed by atoms with Gasteiger partial charge in [0.1, 0.15) is 6.10 Å². The van der Waals surface area contributed by atoms with E-state index in [1.54, 1.807) is 12.1 Å². The normalized spacial score (nSPS) is 15.3. The fourth-order valence-electron chi connectivity index (χ4n) is 3.13. The van der Waals surface area contributed by atoms with Crippen LogP contribution in [-0.4, -0.2) is 56.7 Å². The van der Waals surface area contributed by atoms with Gasteiger partial charge in [0, 0.05) is 44.6 Å². The van der Waals surface area contributed by atoms with Crippen molar-refractivity contribution in [3.8, 4) is 5.88 Å². The fourth-order valence-corrected chi connectivity index (χ4v) is 3.62. The van der Waals surface area contributed by atoms with Gasteiger partial charge >= 0.3 is 0 Å². The number of aromatic nitrogens is 1. The number of hydrogen-bond donors (Lipinski definition) is 0. The van der Waals surface area contributed by atoms with Crippen LogP contribution in [0.25, 0.3) is 0 Å². The zero-order valence-corrected chi connectivity index (χ0v) is 17.1. The predicted octanol–water partition coefficient (Wildman–Crippen LogP) is 2.47. The Morgan fingerprint density at radius 2 is 1.93 bits per heavy atom. The summed E-state index contributed by atoms with van der Waals surface area (Å²) in [6, 6.07) is 11.0. The molecule has 7 nitrogen and oxygen atoms in total. The van der Waals surface area contributed by atoms with Crippen LogP contribution in [-0.2, 0) is 10.0 Å². The van der Waals surface area contributed by atoms with Crippen LogP contribution < -0.4 is 9.04 Å². The summed E-state index contributed by atoms with van der Waals surface area (Å²) in [6.45, 7) is 3.24. The maximum Gasteiger partial charge on any atom is 0.253 e. The molecule has 0 saturated carbocycles. The van der Waals surface area contributed by atoms with Gasteiger partial charge in [-0.2, -0.15) is 0 Å². The highest BCUT2D eigenvalue weighted by molar-refractivity contribution is 7.92. The number of carbonyl (C=O) groups is 1. The lowest BCUT2D eigenvalue weighted by Crippen LogP contribution is -2.41. The zero-order chi connectivity index (χ0) is 20.3. The van der Waals surface area contributed by atoms with Crippen LogP contribution in [0.1, 0.15) is 28.8 Å². The van der Waals surface area contributed by atoms with Gasteiger partial charge in [-0.3, -0.25) is 9.10 Å². The van der Waals surface area contributed by atoms with Crippen LogP contribution in [0, 0.1) is 6.92 Å². The van der Waals surface area contributed by atoms with E-state index < -0.39 is 10.0 Å². The molecule has 8 heteroatoms. The number of hydrogen-bond acceptors (Lipinski definition) is 5. The molecule has 1 aliphatic heterocycles. The maximum atomic E-state index is 12.6. The van der Waals surface area contributed by atoms with Crippen LogP contribution >= 0.6 is 0 Å². The average Bonchev–Trinajstić information content (AvgIpc) is 2.67. The number of carbonyl (C=O) groups excluding carboxylic acids is 1. The first-order chi connectivity index (χ1) is 13.2. The minimum atomic E-state index is -3.32. The molecule has 0 spiro atoms. The fraction of sp³-hybridized carbons (Fsp3) is 0.400. The Hall–Kier alpha value is -2.61. The predicted molar refractivity (Wildman–Crippen MR) is 108 cm³/mol. The summed E-state index contributed by atoms with van der Waals surface area (Å²) in [5.74, 6) is 0.502. The van der Waals surface area contributed by atoms with Gasteiger partial charge in [-0.05, 0) is 25.1 Å². The second kappa shape index (κ2) is 8.18. The molecular weight excluding hydrogens is 378 g/mol. The van der Waals surface area contributed by atoms with Crippen molar-refractivity contribution >= 4 is 21.6 Å². The van der Waals surface area contributed by atoms with Crippen LogP contribution in [0.4, 0.5) is 5.69 Å². The molecule has 0 N–H and O–H groups in total. The molecule has 0 unspecified atom stereocenters. The molecule has 1 aromatic carbocycles. The van der Waals surface area contributed by atoms with Crippen molar-refractivity contribution in [2.45, 2.75) is 25.9 Å². The number of sulfonamides is 1. The first-order valence-corrected chi connectivity index (χ1v) is 11.0. The molecule has 150 valence electrons. The summed E-state index contributed by atoms with van der Waals surface area (Å²) < 4.78 is 30.2. The number of likely N-dealkylation sites (tertiary alicyclic amines) is 1. The molecule has 1 aliphatic rings. The summed E-state index contributed by atoms with van der Waals surface area (Å²) in [4.78, 5) is 18.7. The van der Waals surface area contributed by atoms with Gasteiger partial charge in [0.2, 0.25) is 15.9 Å². The standard InChI is InChI=1S/C20H25N3O4S/c1-15-5-4-6-16(13-15)20(24)23-11-9-18(10-12-23)27-19-8-7-17(14-21-19)22(2)28(3,25)26/h4-8,13-14,18H,9-12H2,1-3H3. The van der Waals surface area contributed by atoms with E-state index in [1.807, 2.05) is 36.1 Å². The summed E-state index contributed by atoms with van der Waals surface area (Å²) in [5, 5.41) is 0. The van der Waals surface area contributed by atoms with Crippen molar-refractivity contribution in [2.24, 2.45) is 0 Å². The Labute approximate surface area is 166 Å². The van der Waals surface area contributed by atoms with Crippen molar-refractivity contribution in [1.82, 2.24) is 9.88 Å². The van der Waals surface area contributed by atoms with Gasteiger partial charge in [-0.25, -0.2) is 13.4 Å². The highest BCUT2D eigenvalue weighted by Crippen LogP contribution is 2.22. The second-order valence-electron chi connectivity index (χ2n) is 7.06. The Bertz CT molecular complexity index is 936. The third-order valence-corrected chi connectivity index (χ3v) is 6.07. The molecule has 1 fully saturated rings. The maximum absolute atomic E-state index is 12.6. The third-order valence-electron chi connectivity index (χ3n) is 4.86. The van der Waals surface area contributed by atoms with E-state index in [2.05, 4.69) is 4.98 Å². The highest BCUT2D eigenvalue weighted by atomic mass is 32.2. The van der Waals surface area contributed by atoms with Crippen molar-refractivity contribution in [3.05, 3.63) is 53.7 Å². The molecule has 0 atom stereocenters. The van der Waals surface area contributed by atoms with Gasteiger partial charge in [0.25, 0.3) is 5.91 Å². The van der Waals surface area contributed by atoms with E-state index in [-0.39, 0.29) is 12.0 Å². The van der Waals surface area contributed by atoms with E-state index in [9.17, 15) is 13.2 Å². The highest BCUT2D eigenvalue weighted by Gasteiger charge is 2.25. The number of ether oxygens (including phenoxy) is 1. The minimum absolute atomic E-state index is 0.0208. The number of benzene rings is 1. The quantitative estimate of drug-likeness (QED) is 0.766. The van der Waals surface area contributed by atoms with Crippen molar-refractivity contribution < 1.29 is 17.9 Å². The molecule has 2 heterocycles. The molecule has 1 aromatic heterocycles. The summed E-state index contributed by atoms with van der Waals surface area (Å²) in [7, 11) is -1.84. The number of rotatable bonds is 5. The SMILES string of the molecule is Cc1cccc(C(=O)N2CCC(Oc3ccc(N(C)S(C)(=O)=O)cn3)CC2)c1. The van der Waals surface area contributed by atoms with Crippen LogP contribution in [0.5, 0.6) is 5.88 Å². The van der Waals surface area contributed by atoms with Gasteiger partial charge in [0.15, 0.2) is 0 Å². The number of aryl methyl sites for hydroxylation is 1. The van der Waals surface area contributed by atoms with Gasteiger partial charge in [-0.1, -0.05) is 17.7 Å². The molecule has 0 bridgehead atoms. The zero-order valence-electron chi connectivity index (χ0n) is 16.3. The van der Waals surface area contributed by atoms with E-state index in [0.29, 0.717) is 30.2 Å². The van der Waals surface area contributed by atoms with Gasteiger partial charge < -0.3 is 9.64 Å². The lowest BCUT2D eigenvalue weighted by atomic mass is 10.1. The Kier molecular flexibility index (Phi) is 5.88. The molecule has 3 rings (SSSR count). The monoisotopic (exact) mass is 403 g/mol. The Morgan fingerprint density at radius 1 is 1.21 bits per heavy atom. The van der Waals surface area contributed by atoms with Gasteiger partial charge in [-0.15, -0.1) is 0 Å². The van der Waals surface area contributed by atoms with E-state index in [0.717, 1.165) is 24.7 Å². The van der Waals surface area contributed by atoms with Crippen molar-refractivity contribution in [1.29, 1.82) is 0 Å². The van der Waals surface area contributed by atoms with E-state index in [4.69, 9.17) is 4.74 Å². The van der Waals surface area contributed by atoms with Crippen LogP contribution in [0.2, 0.25) is 0 Å². The largest absolute Gasteiger partial charge is 0.474 e. The first kappa shape index (κ1) is 20.1. The third kappa shape index (κ3) is 4.81. The average molecular weight is 404 g/mol. The molecule has 2 aromatic rings. The molecule has 1 amide bonds. The smallest absolute Gasteiger partial charge is 0.253 e. The number of anilines is 1. The lowest BCUT2D eigenvalue weighted by Gasteiger charge is -2.32. The summed E-state index contributed by atoms with van der Waals surface area (Å²) in [6.07, 6.45) is 4.05.